The molecule has 2 aromatic heterocycles. The van der Waals surface area contributed by atoms with E-state index in [1.807, 2.05) is 9.80 Å². The van der Waals surface area contributed by atoms with Crippen LogP contribution in [-0.4, -0.2) is 72.5 Å². The first-order chi connectivity index (χ1) is 14.3. The fourth-order valence-corrected chi connectivity index (χ4v) is 3.88. The van der Waals surface area contributed by atoms with Crippen LogP contribution in [0.2, 0.25) is 0 Å². The van der Waals surface area contributed by atoms with Gasteiger partial charge in [0.2, 0.25) is 11.9 Å². The van der Waals surface area contributed by atoms with Crippen molar-refractivity contribution in [2.75, 3.05) is 68.1 Å². The van der Waals surface area contributed by atoms with Gasteiger partial charge < -0.3 is 25.0 Å². The lowest BCUT2D eigenvalue weighted by molar-refractivity contribution is -0.137. The maximum Gasteiger partial charge on any atom is 0.417 e. The van der Waals surface area contributed by atoms with Gasteiger partial charge in [0, 0.05) is 32.4 Å². The molecular weight excluding hydrogens is 403 g/mol. The summed E-state index contributed by atoms with van der Waals surface area (Å²) in [7, 11) is 0. The highest BCUT2D eigenvalue weighted by Crippen LogP contribution is 2.41. The van der Waals surface area contributed by atoms with Crippen molar-refractivity contribution in [1.29, 1.82) is 0 Å². The van der Waals surface area contributed by atoms with Crippen molar-refractivity contribution in [3.8, 4) is 11.4 Å². The second kappa shape index (κ2) is 6.91. The van der Waals surface area contributed by atoms with Gasteiger partial charge in [0.05, 0.1) is 43.0 Å². The highest BCUT2D eigenvalue weighted by Gasteiger charge is 2.50. The van der Waals surface area contributed by atoms with Gasteiger partial charge in [0.15, 0.2) is 5.82 Å². The first-order valence-electron chi connectivity index (χ1n) is 9.58. The van der Waals surface area contributed by atoms with Crippen LogP contribution in [0.5, 0.6) is 0 Å². The summed E-state index contributed by atoms with van der Waals surface area (Å²) in [6.45, 7) is 4.85. The highest BCUT2D eigenvalue weighted by atomic mass is 19.4. The minimum atomic E-state index is -4.62. The molecule has 5 heterocycles. The SMILES string of the molecule is Nc1cc(C(F)(F)F)c(-c2nc(N3CCOCC3)nc(N3CC4(COC4)C3)n2)cn1. The molecule has 0 unspecified atom stereocenters. The number of hydrogen-bond donors (Lipinski definition) is 1. The van der Waals surface area contributed by atoms with Crippen LogP contribution in [0.4, 0.5) is 30.9 Å². The molecule has 2 aromatic rings. The number of nitrogens with zero attached hydrogens (tertiary/aromatic N) is 6. The lowest BCUT2D eigenvalue weighted by Crippen LogP contribution is -2.66. The molecule has 3 aliphatic rings. The Morgan fingerprint density at radius 1 is 0.967 bits per heavy atom. The van der Waals surface area contributed by atoms with Gasteiger partial charge in [0.1, 0.15) is 5.82 Å². The molecule has 0 aromatic carbocycles. The van der Waals surface area contributed by atoms with Crippen LogP contribution in [0.25, 0.3) is 11.4 Å². The second-order valence-corrected chi connectivity index (χ2v) is 7.86. The van der Waals surface area contributed by atoms with E-state index in [1.54, 1.807) is 0 Å². The van der Waals surface area contributed by atoms with Crippen LogP contribution < -0.4 is 15.5 Å². The van der Waals surface area contributed by atoms with Crippen LogP contribution in [-0.2, 0) is 15.7 Å². The van der Waals surface area contributed by atoms with E-state index in [1.165, 1.54) is 0 Å². The van der Waals surface area contributed by atoms with E-state index in [-0.39, 0.29) is 22.6 Å². The van der Waals surface area contributed by atoms with Crippen LogP contribution in [0.1, 0.15) is 5.56 Å². The molecule has 12 heteroatoms. The summed E-state index contributed by atoms with van der Waals surface area (Å²) >= 11 is 0. The smallest absolute Gasteiger partial charge is 0.384 e. The number of ether oxygens (including phenoxy) is 2. The number of morpholine rings is 1. The van der Waals surface area contributed by atoms with Crippen molar-refractivity contribution in [2.45, 2.75) is 6.18 Å². The third-order valence-corrected chi connectivity index (χ3v) is 5.53. The molecule has 0 bridgehead atoms. The number of nitrogens with two attached hydrogens (primary N) is 1. The Morgan fingerprint density at radius 3 is 2.23 bits per heavy atom. The molecule has 0 amide bonds. The van der Waals surface area contributed by atoms with E-state index in [0.29, 0.717) is 64.5 Å². The lowest BCUT2D eigenvalue weighted by atomic mass is 9.78. The zero-order valence-corrected chi connectivity index (χ0v) is 16.0. The molecule has 0 atom stereocenters. The fourth-order valence-electron chi connectivity index (χ4n) is 3.88. The van der Waals surface area contributed by atoms with Gasteiger partial charge in [-0.05, 0) is 6.07 Å². The second-order valence-electron chi connectivity index (χ2n) is 7.86. The average molecular weight is 423 g/mol. The minimum Gasteiger partial charge on any atom is -0.384 e. The number of nitrogen functional groups attached to an aromatic ring is 1. The first-order valence-corrected chi connectivity index (χ1v) is 9.58. The Hall–Kier alpha value is -2.73. The Balaban J connectivity index is 1.57. The molecule has 3 aliphatic heterocycles. The van der Waals surface area contributed by atoms with E-state index in [9.17, 15) is 13.2 Å². The Bertz CT molecular complexity index is 953. The first kappa shape index (κ1) is 19.2. The standard InChI is InChI=1S/C18H20F3N7O2/c19-18(20,21)12-5-13(22)23-6-11(12)14-24-15(27-1-3-29-4-2-27)26-16(25-14)28-7-17(8-28)9-30-10-17/h5-6H,1-4,7-10H2,(H2,22,23). The van der Waals surface area contributed by atoms with E-state index in [4.69, 9.17) is 15.2 Å². The monoisotopic (exact) mass is 423 g/mol. The zero-order chi connectivity index (χ0) is 20.9. The third kappa shape index (κ3) is 3.39. The van der Waals surface area contributed by atoms with Gasteiger partial charge in [-0.3, -0.25) is 0 Å². The van der Waals surface area contributed by atoms with Gasteiger partial charge in [0.25, 0.3) is 0 Å². The fraction of sp³-hybridized carbons (Fsp3) is 0.556. The van der Waals surface area contributed by atoms with Crippen LogP contribution >= 0.6 is 0 Å². The maximum absolute atomic E-state index is 13.7. The molecule has 3 fully saturated rings. The summed E-state index contributed by atoms with van der Waals surface area (Å²) in [6, 6.07) is 0.803. The molecular formula is C18H20F3N7O2. The molecule has 160 valence electrons. The molecule has 1 spiro atoms. The van der Waals surface area contributed by atoms with Crippen molar-refractivity contribution in [3.05, 3.63) is 17.8 Å². The normalized spacial score (nSPS) is 20.8. The van der Waals surface area contributed by atoms with Crippen molar-refractivity contribution in [3.63, 3.8) is 0 Å². The van der Waals surface area contributed by atoms with Gasteiger partial charge in [-0.2, -0.15) is 28.1 Å². The van der Waals surface area contributed by atoms with Crippen LogP contribution in [0, 0.1) is 5.41 Å². The number of hydrogen-bond acceptors (Lipinski definition) is 9. The van der Waals surface area contributed by atoms with E-state index in [0.717, 1.165) is 12.3 Å². The van der Waals surface area contributed by atoms with Gasteiger partial charge in [-0.15, -0.1) is 0 Å². The third-order valence-electron chi connectivity index (χ3n) is 5.53. The summed E-state index contributed by atoms with van der Waals surface area (Å²) < 4.78 is 51.6. The number of halogens is 3. The van der Waals surface area contributed by atoms with Gasteiger partial charge >= 0.3 is 6.18 Å². The number of anilines is 3. The molecule has 5 rings (SSSR count). The predicted molar refractivity (Wildman–Crippen MR) is 101 cm³/mol. The predicted octanol–water partition coefficient (Wildman–Crippen LogP) is 1.21. The summed E-state index contributed by atoms with van der Waals surface area (Å²) in [4.78, 5) is 20.9. The van der Waals surface area contributed by atoms with Crippen molar-refractivity contribution in [2.24, 2.45) is 5.41 Å². The summed E-state index contributed by atoms with van der Waals surface area (Å²) in [5.74, 6) is 0.383. The van der Waals surface area contributed by atoms with E-state index in [2.05, 4.69) is 19.9 Å². The summed E-state index contributed by atoms with van der Waals surface area (Å²) in [5.41, 5.74) is 4.46. The zero-order valence-electron chi connectivity index (χ0n) is 16.0. The number of pyridine rings is 1. The van der Waals surface area contributed by atoms with E-state index >= 15 is 0 Å². The number of rotatable bonds is 3. The van der Waals surface area contributed by atoms with Crippen LogP contribution in [0.15, 0.2) is 12.3 Å². The summed E-state index contributed by atoms with van der Waals surface area (Å²) in [6.07, 6.45) is -3.56. The molecule has 9 nitrogen and oxygen atoms in total. The number of aromatic nitrogens is 4. The minimum absolute atomic E-state index is 0.0767. The topological polar surface area (TPSA) is 103 Å². The Labute approximate surface area is 170 Å². The molecule has 3 saturated heterocycles. The molecule has 0 saturated carbocycles. The molecule has 0 aliphatic carbocycles. The van der Waals surface area contributed by atoms with Crippen molar-refractivity contribution >= 4 is 17.7 Å². The molecule has 30 heavy (non-hydrogen) atoms. The van der Waals surface area contributed by atoms with Crippen molar-refractivity contribution < 1.29 is 22.6 Å². The Kier molecular flexibility index (Phi) is 4.43. The van der Waals surface area contributed by atoms with Gasteiger partial charge in [-0.25, -0.2) is 4.98 Å². The van der Waals surface area contributed by atoms with Crippen LogP contribution in [0.3, 0.4) is 0 Å². The quantitative estimate of drug-likeness (QED) is 0.780. The van der Waals surface area contributed by atoms with E-state index < -0.39 is 11.7 Å². The average Bonchev–Trinajstić information content (AvgIpc) is 2.65. The maximum atomic E-state index is 13.7. The van der Waals surface area contributed by atoms with Gasteiger partial charge in [-0.1, -0.05) is 0 Å². The van der Waals surface area contributed by atoms with Crippen molar-refractivity contribution in [1.82, 2.24) is 19.9 Å². The molecule has 0 radical (unpaired) electrons. The largest absolute Gasteiger partial charge is 0.417 e. The Morgan fingerprint density at radius 2 is 1.63 bits per heavy atom. The lowest BCUT2D eigenvalue weighted by Gasteiger charge is -2.54. The summed E-state index contributed by atoms with van der Waals surface area (Å²) in [5, 5.41) is 0. The molecule has 2 N–H and O–H groups in total. The number of alkyl halides is 3. The highest BCUT2D eigenvalue weighted by molar-refractivity contribution is 5.65.